The van der Waals surface area contributed by atoms with E-state index in [9.17, 15) is 4.79 Å². The molecule has 0 aliphatic rings. The molecular weight excluding hydrogens is 390 g/mol. The zero-order valence-corrected chi connectivity index (χ0v) is 17.7. The number of aromatic nitrogens is 4. The largest absolute Gasteiger partial charge is 0.438 e. The second kappa shape index (κ2) is 8.79. The number of imidazole rings is 1. The Hall–Kier alpha value is -4.00. The topological polar surface area (TPSA) is 81.9 Å². The second-order valence-corrected chi connectivity index (χ2v) is 7.36. The second-order valence-electron chi connectivity index (χ2n) is 7.36. The van der Waals surface area contributed by atoms with Gasteiger partial charge in [0.25, 0.3) is 0 Å². The van der Waals surface area contributed by atoms with Crippen LogP contribution in [0.4, 0.5) is 5.69 Å². The Morgan fingerprint density at radius 3 is 2.45 bits per heavy atom. The van der Waals surface area contributed by atoms with Crippen molar-refractivity contribution < 1.29 is 9.53 Å². The van der Waals surface area contributed by atoms with Crippen LogP contribution in [-0.2, 0) is 11.2 Å². The number of carbonyl (C=O) groups excluding carboxylic acids is 1. The minimum absolute atomic E-state index is 0.0641. The van der Waals surface area contributed by atoms with Gasteiger partial charge in [0, 0.05) is 17.4 Å². The van der Waals surface area contributed by atoms with Crippen LogP contribution >= 0.6 is 0 Å². The molecule has 0 atom stereocenters. The van der Waals surface area contributed by atoms with E-state index in [2.05, 4.69) is 20.5 Å². The molecule has 0 saturated carbocycles. The Morgan fingerprint density at radius 2 is 1.81 bits per heavy atom. The molecule has 0 aliphatic heterocycles. The lowest BCUT2D eigenvalue weighted by atomic mass is 10.1. The summed E-state index contributed by atoms with van der Waals surface area (Å²) in [7, 11) is 0. The molecular formula is C24H23N5O2. The van der Waals surface area contributed by atoms with Gasteiger partial charge in [-0.15, -0.1) is 10.2 Å². The monoisotopic (exact) mass is 413 g/mol. The third-order valence-corrected chi connectivity index (χ3v) is 4.93. The molecule has 1 amide bonds. The third kappa shape index (κ3) is 4.95. The number of hydrogen-bond acceptors (Lipinski definition) is 5. The van der Waals surface area contributed by atoms with E-state index in [1.54, 1.807) is 36.7 Å². The first kappa shape index (κ1) is 20.3. The molecule has 4 aromatic rings. The summed E-state index contributed by atoms with van der Waals surface area (Å²) in [5, 5.41) is 11.3. The van der Waals surface area contributed by atoms with Crippen LogP contribution < -0.4 is 10.1 Å². The molecule has 4 rings (SSSR count). The molecule has 2 heterocycles. The summed E-state index contributed by atoms with van der Waals surface area (Å²) in [6.07, 6.45) is 2.05. The minimum atomic E-state index is -0.0641. The number of nitrogens with one attached hydrogen (secondary N) is 1. The summed E-state index contributed by atoms with van der Waals surface area (Å²) in [5.74, 6) is 1.60. The number of carbonyl (C=O) groups is 1. The van der Waals surface area contributed by atoms with E-state index in [0.717, 1.165) is 22.5 Å². The van der Waals surface area contributed by atoms with Crippen LogP contribution in [0.5, 0.6) is 11.6 Å². The van der Waals surface area contributed by atoms with Gasteiger partial charge in [0.1, 0.15) is 12.1 Å². The highest BCUT2D eigenvalue weighted by Gasteiger charge is 2.08. The van der Waals surface area contributed by atoms with Gasteiger partial charge in [0.15, 0.2) is 5.82 Å². The number of anilines is 1. The molecule has 1 N–H and O–H groups in total. The Bertz CT molecular complexity index is 1200. The highest BCUT2D eigenvalue weighted by Crippen LogP contribution is 2.22. The quantitative estimate of drug-likeness (QED) is 0.501. The van der Waals surface area contributed by atoms with Gasteiger partial charge in [-0.1, -0.05) is 29.8 Å². The van der Waals surface area contributed by atoms with Crippen LogP contribution in [0.3, 0.4) is 0 Å². The van der Waals surface area contributed by atoms with Crippen molar-refractivity contribution in [3.05, 3.63) is 89.5 Å². The molecule has 2 aromatic heterocycles. The van der Waals surface area contributed by atoms with Crippen LogP contribution in [0.25, 0.3) is 5.82 Å². The smallest absolute Gasteiger partial charge is 0.238 e. The maximum absolute atomic E-state index is 12.3. The van der Waals surface area contributed by atoms with E-state index in [1.807, 2.05) is 55.7 Å². The van der Waals surface area contributed by atoms with Gasteiger partial charge in [0.2, 0.25) is 11.8 Å². The van der Waals surface area contributed by atoms with Crippen LogP contribution in [0, 0.1) is 20.8 Å². The predicted octanol–water partition coefficient (Wildman–Crippen LogP) is 4.56. The molecule has 0 bridgehead atoms. The van der Waals surface area contributed by atoms with E-state index in [0.29, 0.717) is 29.6 Å². The van der Waals surface area contributed by atoms with Gasteiger partial charge < -0.3 is 10.1 Å². The standard InChI is InChI=1S/C24H23N5O2/c1-16-5-4-6-19(13-16)14-23(30)26-20-7-9-21(10-8-20)31-24-12-11-22(27-28-24)29-15-25-17(2)18(29)3/h4-13,15H,14H2,1-3H3,(H,26,30). The van der Waals surface area contributed by atoms with Gasteiger partial charge in [-0.25, -0.2) is 4.98 Å². The van der Waals surface area contributed by atoms with Crippen molar-refractivity contribution >= 4 is 11.6 Å². The molecule has 0 fully saturated rings. The van der Waals surface area contributed by atoms with Crippen molar-refractivity contribution in [1.29, 1.82) is 0 Å². The molecule has 156 valence electrons. The highest BCUT2D eigenvalue weighted by atomic mass is 16.5. The molecule has 0 aliphatic carbocycles. The first-order valence-corrected chi connectivity index (χ1v) is 9.96. The van der Waals surface area contributed by atoms with E-state index in [4.69, 9.17) is 4.74 Å². The number of amides is 1. The minimum Gasteiger partial charge on any atom is -0.438 e. The number of hydrogen-bond donors (Lipinski definition) is 1. The molecule has 0 saturated heterocycles. The lowest BCUT2D eigenvalue weighted by molar-refractivity contribution is -0.115. The fourth-order valence-corrected chi connectivity index (χ4v) is 3.17. The Kier molecular flexibility index (Phi) is 5.75. The number of aryl methyl sites for hydroxylation is 2. The third-order valence-electron chi connectivity index (χ3n) is 4.93. The fourth-order valence-electron chi connectivity index (χ4n) is 3.17. The lowest BCUT2D eigenvalue weighted by Crippen LogP contribution is -2.14. The first-order valence-electron chi connectivity index (χ1n) is 9.96. The first-order chi connectivity index (χ1) is 15.0. The molecule has 7 heteroatoms. The molecule has 7 nitrogen and oxygen atoms in total. The van der Waals surface area contributed by atoms with Crippen molar-refractivity contribution in [1.82, 2.24) is 19.7 Å². The molecule has 31 heavy (non-hydrogen) atoms. The normalized spacial score (nSPS) is 10.7. The molecule has 0 radical (unpaired) electrons. The summed E-state index contributed by atoms with van der Waals surface area (Å²) in [6, 6.07) is 18.7. The SMILES string of the molecule is Cc1cccc(CC(=O)Nc2ccc(Oc3ccc(-n4cnc(C)c4C)nn3)cc2)c1. The summed E-state index contributed by atoms with van der Waals surface area (Å²) in [5.41, 5.74) is 4.80. The van der Waals surface area contributed by atoms with E-state index >= 15 is 0 Å². The highest BCUT2D eigenvalue weighted by molar-refractivity contribution is 5.92. The number of ether oxygens (including phenoxy) is 1. The Balaban J connectivity index is 1.36. The zero-order valence-electron chi connectivity index (χ0n) is 17.7. The summed E-state index contributed by atoms with van der Waals surface area (Å²) >= 11 is 0. The number of benzene rings is 2. The van der Waals surface area contributed by atoms with Gasteiger partial charge in [0.05, 0.1) is 12.1 Å². The zero-order chi connectivity index (χ0) is 21.8. The lowest BCUT2D eigenvalue weighted by Gasteiger charge is -2.08. The van der Waals surface area contributed by atoms with Crippen molar-refractivity contribution in [3.8, 4) is 17.4 Å². The van der Waals surface area contributed by atoms with Crippen molar-refractivity contribution in [2.75, 3.05) is 5.32 Å². The Morgan fingerprint density at radius 1 is 1.00 bits per heavy atom. The van der Waals surface area contributed by atoms with Crippen molar-refractivity contribution in [2.45, 2.75) is 27.2 Å². The van der Waals surface area contributed by atoms with E-state index in [1.165, 1.54) is 0 Å². The predicted molar refractivity (Wildman–Crippen MR) is 119 cm³/mol. The summed E-state index contributed by atoms with van der Waals surface area (Å²) in [4.78, 5) is 16.5. The maximum Gasteiger partial charge on any atom is 0.238 e. The van der Waals surface area contributed by atoms with Gasteiger partial charge in [-0.2, -0.15) is 0 Å². The molecule has 2 aromatic carbocycles. The average molecular weight is 413 g/mol. The average Bonchev–Trinajstić information content (AvgIpc) is 3.08. The number of nitrogens with zero attached hydrogens (tertiary/aromatic N) is 4. The van der Waals surface area contributed by atoms with Gasteiger partial charge in [-0.05, 0) is 56.7 Å². The summed E-state index contributed by atoms with van der Waals surface area (Å²) < 4.78 is 7.64. The maximum atomic E-state index is 12.3. The Labute approximate surface area is 180 Å². The molecule has 0 unspecified atom stereocenters. The van der Waals surface area contributed by atoms with Crippen molar-refractivity contribution in [2.24, 2.45) is 0 Å². The van der Waals surface area contributed by atoms with Crippen molar-refractivity contribution in [3.63, 3.8) is 0 Å². The van der Waals surface area contributed by atoms with E-state index < -0.39 is 0 Å². The van der Waals surface area contributed by atoms with Crippen LogP contribution in [0.15, 0.2) is 67.0 Å². The number of rotatable bonds is 6. The summed E-state index contributed by atoms with van der Waals surface area (Å²) in [6.45, 7) is 5.94. The van der Waals surface area contributed by atoms with E-state index in [-0.39, 0.29) is 5.91 Å². The van der Waals surface area contributed by atoms with Gasteiger partial charge >= 0.3 is 0 Å². The molecule has 0 spiro atoms. The fraction of sp³-hybridized carbons (Fsp3) is 0.167. The van der Waals surface area contributed by atoms with Crippen LogP contribution in [-0.4, -0.2) is 25.7 Å². The van der Waals surface area contributed by atoms with Crippen LogP contribution in [0.1, 0.15) is 22.5 Å². The van der Waals surface area contributed by atoms with Crippen LogP contribution in [0.2, 0.25) is 0 Å². The van der Waals surface area contributed by atoms with Gasteiger partial charge in [-0.3, -0.25) is 9.36 Å².